The van der Waals surface area contributed by atoms with Crippen molar-refractivity contribution in [3.8, 4) is 0 Å². The van der Waals surface area contributed by atoms with Gasteiger partial charge in [0.1, 0.15) is 11.4 Å². The molecule has 1 aromatic heterocycles. The third kappa shape index (κ3) is 2.72. The first kappa shape index (κ1) is 13.4. The highest BCUT2D eigenvalue weighted by atomic mass is 16.5. The zero-order valence-electron chi connectivity index (χ0n) is 10.5. The first-order valence-corrected chi connectivity index (χ1v) is 6.01. The summed E-state index contributed by atoms with van der Waals surface area (Å²) in [6.45, 7) is 6.06. The molecule has 0 saturated carbocycles. The van der Waals surface area contributed by atoms with E-state index in [1.807, 2.05) is 13.8 Å². The van der Waals surface area contributed by atoms with Gasteiger partial charge in [0.15, 0.2) is 5.78 Å². The molecule has 5 heteroatoms. The molecule has 0 aromatic carbocycles. The van der Waals surface area contributed by atoms with Crippen LogP contribution >= 0.6 is 0 Å². The average Bonchev–Trinajstić information content (AvgIpc) is 2.77. The Hall–Kier alpha value is -1.65. The van der Waals surface area contributed by atoms with Crippen LogP contribution in [0.4, 0.5) is 0 Å². The van der Waals surface area contributed by atoms with Crippen molar-refractivity contribution in [3.05, 3.63) is 17.0 Å². The Morgan fingerprint density at radius 3 is 2.76 bits per heavy atom. The monoisotopic (exact) mass is 238 g/mol. The van der Waals surface area contributed by atoms with E-state index in [-0.39, 0.29) is 5.78 Å². The lowest BCUT2D eigenvalue weighted by Crippen LogP contribution is -2.13. The standard InChI is InChI=1S/C10H12N2O3.C2H6/c1-2-15-10(14)9-6-4-3-5-7(13)8(6)11-12-9;1-2/h2-5H2,1H3,(H,11,12);1-2H3. The number of aromatic nitrogens is 2. The van der Waals surface area contributed by atoms with Gasteiger partial charge in [-0.1, -0.05) is 13.8 Å². The van der Waals surface area contributed by atoms with Gasteiger partial charge < -0.3 is 4.74 Å². The van der Waals surface area contributed by atoms with Crippen LogP contribution in [0.5, 0.6) is 0 Å². The molecular formula is C12H18N2O3. The number of hydrogen-bond donors (Lipinski definition) is 1. The summed E-state index contributed by atoms with van der Waals surface area (Å²) in [5.41, 5.74) is 1.45. The number of nitrogens with zero attached hydrogens (tertiary/aromatic N) is 1. The van der Waals surface area contributed by atoms with E-state index in [0.29, 0.717) is 36.4 Å². The van der Waals surface area contributed by atoms with Crippen LogP contribution in [0.3, 0.4) is 0 Å². The molecule has 1 N–H and O–H groups in total. The number of hydrogen-bond acceptors (Lipinski definition) is 4. The molecule has 1 aliphatic rings. The summed E-state index contributed by atoms with van der Waals surface area (Å²) in [6, 6.07) is 0. The fourth-order valence-electron chi connectivity index (χ4n) is 1.76. The summed E-state index contributed by atoms with van der Waals surface area (Å²) in [5.74, 6) is -0.427. The number of carbonyl (C=O) groups excluding carboxylic acids is 2. The summed E-state index contributed by atoms with van der Waals surface area (Å²) in [7, 11) is 0. The summed E-state index contributed by atoms with van der Waals surface area (Å²) in [6.07, 6.45) is 2.00. The van der Waals surface area contributed by atoms with Crippen molar-refractivity contribution >= 4 is 11.8 Å². The van der Waals surface area contributed by atoms with Crippen LogP contribution in [-0.2, 0) is 11.2 Å². The molecule has 2 rings (SSSR count). The molecule has 0 fully saturated rings. The largest absolute Gasteiger partial charge is 0.461 e. The van der Waals surface area contributed by atoms with Gasteiger partial charge in [-0.15, -0.1) is 0 Å². The average molecular weight is 238 g/mol. The Morgan fingerprint density at radius 1 is 1.41 bits per heavy atom. The zero-order chi connectivity index (χ0) is 12.8. The van der Waals surface area contributed by atoms with E-state index >= 15 is 0 Å². The Bertz CT molecular complexity index is 410. The summed E-state index contributed by atoms with van der Waals surface area (Å²) >= 11 is 0. The van der Waals surface area contributed by atoms with Crippen molar-refractivity contribution in [3.63, 3.8) is 0 Å². The van der Waals surface area contributed by atoms with Gasteiger partial charge in [0.25, 0.3) is 0 Å². The molecule has 1 heterocycles. The van der Waals surface area contributed by atoms with Crippen molar-refractivity contribution in [2.75, 3.05) is 6.61 Å². The van der Waals surface area contributed by atoms with E-state index < -0.39 is 5.97 Å². The molecule has 94 valence electrons. The molecule has 1 aromatic rings. The third-order valence-corrected chi connectivity index (χ3v) is 2.44. The Balaban J connectivity index is 0.000000686. The predicted molar refractivity (Wildman–Crippen MR) is 63.2 cm³/mol. The smallest absolute Gasteiger partial charge is 0.356 e. The second kappa shape index (κ2) is 6.18. The van der Waals surface area contributed by atoms with E-state index in [1.54, 1.807) is 6.92 Å². The second-order valence-electron chi connectivity index (χ2n) is 3.42. The Morgan fingerprint density at radius 2 is 2.12 bits per heavy atom. The fraction of sp³-hybridized carbons (Fsp3) is 0.583. The first-order valence-electron chi connectivity index (χ1n) is 6.01. The maximum Gasteiger partial charge on any atom is 0.356 e. The Labute approximate surface area is 101 Å². The first-order chi connectivity index (χ1) is 8.24. The molecule has 17 heavy (non-hydrogen) atoms. The minimum atomic E-state index is -0.430. The number of rotatable bonds is 2. The minimum Gasteiger partial charge on any atom is -0.461 e. The topological polar surface area (TPSA) is 72.1 Å². The molecule has 0 unspecified atom stereocenters. The maximum absolute atomic E-state index is 11.5. The number of H-pyrrole nitrogens is 1. The van der Waals surface area contributed by atoms with Crippen molar-refractivity contribution in [1.29, 1.82) is 0 Å². The third-order valence-electron chi connectivity index (χ3n) is 2.44. The molecule has 0 bridgehead atoms. The fourth-order valence-corrected chi connectivity index (χ4v) is 1.76. The maximum atomic E-state index is 11.5. The van der Waals surface area contributed by atoms with Gasteiger partial charge >= 0.3 is 5.97 Å². The normalized spacial score (nSPS) is 13.5. The van der Waals surface area contributed by atoms with E-state index in [4.69, 9.17) is 4.74 Å². The molecular weight excluding hydrogens is 220 g/mol. The number of esters is 1. The van der Waals surface area contributed by atoms with Crippen LogP contribution in [0.15, 0.2) is 0 Å². The van der Waals surface area contributed by atoms with Crippen molar-refractivity contribution in [2.45, 2.75) is 40.0 Å². The zero-order valence-corrected chi connectivity index (χ0v) is 10.5. The molecule has 0 radical (unpaired) electrons. The summed E-state index contributed by atoms with van der Waals surface area (Å²) in [4.78, 5) is 22.9. The molecule has 5 nitrogen and oxygen atoms in total. The highest BCUT2D eigenvalue weighted by Gasteiger charge is 2.26. The number of Topliss-reactive ketones (excluding diaryl/α,β-unsaturated/α-hetero) is 1. The summed E-state index contributed by atoms with van der Waals surface area (Å²) < 4.78 is 4.87. The molecule has 0 spiro atoms. The quantitative estimate of drug-likeness (QED) is 0.801. The van der Waals surface area contributed by atoms with Gasteiger partial charge in [-0.05, 0) is 19.8 Å². The van der Waals surface area contributed by atoms with Crippen LogP contribution in [0.1, 0.15) is 60.2 Å². The lowest BCUT2D eigenvalue weighted by atomic mass is 9.95. The van der Waals surface area contributed by atoms with E-state index in [2.05, 4.69) is 10.2 Å². The van der Waals surface area contributed by atoms with Gasteiger partial charge in [0.05, 0.1) is 6.61 Å². The molecule has 0 saturated heterocycles. The van der Waals surface area contributed by atoms with Crippen LogP contribution in [0, 0.1) is 0 Å². The second-order valence-corrected chi connectivity index (χ2v) is 3.42. The predicted octanol–water partition coefficient (Wildman–Crippen LogP) is 2.13. The molecule has 0 atom stereocenters. The van der Waals surface area contributed by atoms with Gasteiger partial charge in [0.2, 0.25) is 0 Å². The van der Waals surface area contributed by atoms with Crippen LogP contribution in [-0.4, -0.2) is 28.6 Å². The van der Waals surface area contributed by atoms with Gasteiger partial charge in [0, 0.05) is 12.0 Å². The number of ether oxygens (including phenoxy) is 1. The van der Waals surface area contributed by atoms with Gasteiger partial charge in [-0.2, -0.15) is 5.10 Å². The van der Waals surface area contributed by atoms with Crippen molar-refractivity contribution < 1.29 is 14.3 Å². The van der Waals surface area contributed by atoms with Crippen molar-refractivity contribution in [1.82, 2.24) is 10.2 Å². The van der Waals surface area contributed by atoms with Gasteiger partial charge in [-0.3, -0.25) is 9.89 Å². The Kier molecular flexibility index (Phi) is 4.87. The van der Waals surface area contributed by atoms with E-state index in [1.165, 1.54) is 0 Å². The van der Waals surface area contributed by atoms with Crippen LogP contribution < -0.4 is 0 Å². The summed E-state index contributed by atoms with van der Waals surface area (Å²) in [5, 5.41) is 6.45. The SMILES string of the molecule is CC.CCOC(=O)c1[nH]nc2c1CCCC2=O. The lowest BCUT2D eigenvalue weighted by molar-refractivity contribution is 0.0518. The molecule has 0 amide bonds. The number of nitrogens with one attached hydrogen (secondary N) is 1. The number of fused-ring (bicyclic) bond motifs is 1. The minimum absolute atomic E-state index is 0.00282. The highest BCUT2D eigenvalue weighted by Crippen LogP contribution is 2.22. The van der Waals surface area contributed by atoms with Crippen molar-refractivity contribution in [2.24, 2.45) is 0 Å². The number of carbonyl (C=O) groups is 2. The van der Waals surface area contributed by atoms with Gasteiger partial charge in [-0.25, -0.2) is 4.79 Å². The molecule has 1 aliphatic carbocycles. The van der Waals surface area contributed by atoms with Crippen LogP contribution in [0.2, 0.25) is 0 Å². The molecule has 0 aliphatic heterocycles. The van der Waals surface area contributed by atoms with E-state index in [9.17, 15) is 9.59 Å². The van der Waals surface area contributed by atoms with Crippen LogP contribution in [0.25, 0.3) is 0 Å². The number of ketones is 1. The highest BCUT2D eigenvalue weighted by molar-refractivity contribution is 6.00. The number of aromatic amines is 1. The lowest BCUT2D eigenvalue weighted by Gasteiger charge is -2.09. The van der Waals surface area contributed by atoms with E-state index in [0.717, 1.165) is 6.42 Å².